The van der Waals surface area contributed by atoms with Gasteiger partial charge in [0.15, 0.2) is 0 Å². The summed E-state index contributed by atoms with van der Waals surface area (Å²) in [6.45, 7) is 10.8. The van der Waals surface area contributed by atoms with Crippen molar-refractivity contribution in [2.45, 2.75) is 41.2 Å². The Balaban J connectivity index is 2.98. The van der Waals surface area contributed by atoms with E-state index in [9.17, 15) is 9.59 Å². The molecule has 0 atom stereocenters. The van der Waals surface area contributed by atoms with Crippen molar-refractivity contribution in [3.63, 3.8) is 0 Å². The van der Waals surface area contributed by atoms with E-state index in [1.54, 1.807) is 4.68 Å². The average Bonchev–Trinajstić information content (AvgIpc) is 2.67. The molecule has 1 aromatic rings. The second-order valence-electron chi connectivity index (χ2n) is 6.19. The van der Waals surface area contributed by atoms with E-state index < -0.39 is 5.97 Å². The predicted molar refractivity (Wildman–Crippen MR) is 80.2 cm³/mol. The number of carboxylic acid groups (broad SMARTS) is 1. The van der Waals surface area contributed by atoms with E-state index in [1.165, 1.54) is 11.1 Å². The van der Waals surface area contributed by atoms with Gasteiger partial charge in [-0.15, -0.1) is 0 Å². The van der Waals surface area contributed by atoms with Crippen molar-refractivity contribution in [2.24, 2.45) is 11.8 Å². The van der Waals surface area contributed by atoms with Gasteiger partial charge in [0.05, 0.1) is 11.8 Å². The summed E-state index contributed by atoms with van der Waals surface area (Å²) in [6.07, 6.45) is 1.54. The van der Waals surface area contributed by atoms with Gasteiger partial charge in [-0.3, -0.25) is 14.3 Å². The molecule has 1 rings (SSSR count). The molecular weight excluding hydrogens is 270 g/mol. The van der Waals surface area contributed by atoms with Crippen molar-refractivity contribution in [2.75, 3.05) is 13.1 Å². The van der Waals surface area contributed by atoms with Crippen molar-refractivity contribution < 1.29 is 14.7 Å². The van der Waals surface area contributed by atoms with Crippen molar-refractivity contribution in [3.05, 3.63) is 17.5 Å². The second kappa shape index (κ2) is 7.24. The molecule has 118 valence electrons. The lowest BCUT2D eigenvalue weighted by Crippen LogP contribution is -2.38. The summed E-state index contributed by atoms with van der Waals surface area (Å²) >= 11 is 0. The number of aliphatic carboxylic acids is 1. The molecule has 0 unspecified atom stereocenters. The zero-order valence-electron chi connectivity index (χ0n) is 13.5. The average molecular weight is 295 g/mol. The molecule has 1 heterocycles. The van der Waals surface area contributed by atoms with Gasteiger partial charge >= 0.3 is 5.97 Å². The molecule has 21 heavy (non-hydrogen) atoms. The molecular formula is C15H25N3O3. The highest BCUT2D eigenvalue weighted by Crippen LogP contribution is 2.13. The molecule has 0 aliphatic heterocycles. The quantitative estimate of drug-likeness (QED) is 0.835. The van der Waals surface area contributed by atoms with Crippen molar-refractivity contribution in [1.82, 2.24) is 14.7 Å². The van der Waals surface area contributed by atoms with Crippen molar-refractivity contribution in [3.8, 4) is 0 Å². The second-order valence-corrected chi connectivity index (χ2v) is 6.19. The predicted octanol–water partition coefficient (Wildman–Crippen LogP) is 2.03. The summed E-state index contributed by atoms with van der Waals surface area (Å²) < 4.78 is 1.80. The highest BCUT2D eigenvalue weighted by molar-refractivity contribution is 5.96. The Morgan fingerprint density at radius 2 is 1.90 bits per heavy atom. The van der Waals surface area contributed by atoms with E-state index in [0.717, 1.165) is 12.2 Å². The number of carbonyl (C=O) groups excluding carboxylic acids is 1. The summed E-state index contributed by atoms with van der Waals surface area (Å²) in [6, 6.07) is 0. The maximum absolute atomic E-state index is 12.5. The Hall–Kier alpha value is -1.85. The van der Waals surface area contributed by atoms with E-state index in [0.29, 0.717) is 18.0 Å². The van der Waals surface area contributed by atoms with Crippen molar-refractivity contribution >= 4 is 11.9 Å². The van der Waals surface area contributed by atoms with Crippen LogP contribution in [-0.4, -0.2) is 44.8 Å². The standard InChI is InChI=1S/C15H25N3O3/c1-10(2)7-17(9-14(19)20)15(21)13-6-16-18(12(13)5)8-11(3)4/h6,10-11H,7-9H2,1-5H3,(H,19,20). The molecule has 0 aromatic carbocycles. The zero-order valence-corrected chi connectivity index (χ0v) is 13.5. The first-order valence-electron chi connectivity index (χ1n) is 7.25. The Bertz CT molecular complexity index is 506. The third kappa shape index (κ3) is 4.88. The topological polar surface area (TPSA) is 75.4 Å². The number of carboxylic acids is 1. The van der Waals surface area contributed by atoms with E-state index in [4.69, 9.17) is 5.11 Å². The molecule has 0 saturated carbocycles. The van der Waals surface area contributed by atoms with Gasteiger partial charge in [-0.25, -0.2) is 0 Å². The summed E-state index contributed by atoms with van der Waals surface area (Å²) in [4.78, 5) is 24.9. The SMILES string of the molecule is Cc1c(C(=O)N(CC(=O)O)CC(C)C)cnn1CC(C)C. The van der Waals surface area contributed by atoms with E-state index in [2.05, 4.69) is 18.9 Å². The Labute approximate surface area is 125 Å². The first-order chi connectivity index (χ1) is 9.72. The molecule has 0 bridgehead atoms. The third-order valence-corrected chi connectivity index (χ3v) is 3.07. The molecule has 0 aliphatic rings. The van der Waals surface area contributed by atoms with Gasteiger partial charge in [-0.1, -0.05) is 27.7 Å². The van der Waals surface area contributed by atoms with Crippen LogP contribution in [0.15, 0.2) is 6.20 Å². The zero-order chi connectivity index (χ0) is 16.2. The summed E-state index contributed by atoms with van der Waals surface area (Å²) in [7, 11) is 0. The summed E-state index contributed by atoms with van der Waals surface area (Å²) in [5, 5.41) is 13.2. The van der Waals surface area contributed by atoms with Gasteiger partial charge in [0.2, 0.25) is 0 Å². The minimum atomic E-state index is -1.00. The lowest BCUT2D eigenvalue weighted by Gasteiger charge is -2.22. The number of carbonyl (C=O) groups is 2. The van der Waals surface area contributed by atoms with Gasteiger partial charge in [-0.05, 0) is 18.8 Å². The van der Waals surface area contributed by atoms with Gasteiger partial charge in [-0.2, -0.15) is 5.10 Å². The fourth-order valence-corrected chi connectivity index (χ4v) is 2.18. The summed E-state index contributed by atoms with van der Waals surface area (Å²) in [5.41, 5.74) is 1.27. The fourth-order valence-electron chi connectivity index (χ4n) is 2.18. The maximum Gasteiger partial charge on any atom is 0.323 e. The molecule has 1 aromatic heterocycles. The number of hydrogen-bond acceptors (Lipinski definition) is 3. The molecule has 0 spiro atoms. The Morgan fingerprint density at radius 1 is 1.29 bits per heavy atom. The minimum Gasteiger partial charge on any atom is -0.480 e. The van der Waals surface area contributed by atoms with E-state index in [1.807, 2.05) is 20.8 Å². The van der Waals surface area contributed by atoms with Crippen LogP contribution < -0.4 is 0 Å². The van der Waals surface area contributed by atoms with Gasteiger partial charge in [0.1, 0.15) is 6.54 Å². The number of aromatic nitrogens is 2. The molecule has 1 N–H and O–H groups in total. The van der Waals surface area contributed by atoms with Crippen molar-refractivity contribution in [1.29, 1.82) is 0 Å². The first kappa shape index (κ1) is 17.2. The maximum atomic E-state index is 12.5. The highest BCUT2D eigenvalue weighted by Gasteiger charge is 2.23. The van der Waals surface area contributed by atoms with Gasteiger partial charge in [0, 0.05) is 18.8 Å². The molecule has 0 aliphatic carbocycles. The van der Waals surface area contributed by atoms with Gasteiger partial charge < -0.3 is 10.0 Å². The monoisotopic (exact) mass is 295 g/mol. The van der Waals surface area contributed by atoms with Crippen LogP contribution in [0.2, 0.25) is 0 Å². The smallest absolute Gasteiger partial charge is 0.323 e. The Kier molecular flexibility index (Phi) is 5.93. The van der Waals surface area contributed by atoms with Crippen LogP contribution in [0.3, 0.4) is 0 Å². The molecule has 0 saturated heterocycles. The number of hydrogen-bond donors (Lipinski definition) is 1. The van der Waals surface area contributed by atoms with Crippen LogP contribution in [0.1, 0.15) is 43.7 Å². The molecule has 0 fully saturated rings. The number of rotatable bonds is 7. The third-order valence-electron chi connectivity index (χ3n) is 3.07. The minimum absolute atomic E-state index is 0.208. The summed E-state index contributed by atoms with van der Waals surface area (Å²) in [5.74, 6) is -0.633. The molecule has 1 amide bonds. The fraction of sp³-hybridized carbons (Fsp3) is 0.667. The molecule has 6 nitrogen and oxygen atoms in total. The normalized spacial score (nSPS) is 11.2. The lowest BCUT2D eigenvalue weighted by molar-refractivity contribution is -0.137. The number of amides is 1. The van der Waals surface area contributed by atoms with Crippen LogP contribution in [0.25, 0.3) is 0 Å². The largest absolute Gasteiger partial charge is 0.480 e. The highest BCUT2D eigenvalue weighted by atomic mass is 16.4. The van der Waals surface area contributed by atoms with Gasteiger partial charge in [0.25, 0.3) is 5.91 Å². The lowest BCUT2D eigenvalue weighted by atomic mass is 10.1. The van der Waals surface area contributed by atoms with Crippen LogP contribution in [-0.2, 0) is 11.3 Å². The van der Waals surface area contributed by atoms with Crippen LogP contribution in [0, 0.1) is 18.8 Å². The van der Waals surface area contributed by atoms with Crippen LogP contribution in [0.4, 0.5) is 0 Å². The molecule has 6 heteroatoms. The Morgan fingerprint density at radius 3 is 2.38 bits per heavy atom. The van der Waals surface area contributed by atoms with E-state index >= 15 is 0 Å². The van der Waals surface area contributed by atoms with E-state index in [-0.39, 0.29) is 18.4 Å². The first-order valence-corrected chi connectivity index (χ1v) is 7.25. The molecule has 0 radical (unpaired) electrons. The van der Waals surface area contributed by atoms with Crippen LogP contribution >= 0.6 is 0 Å². The number of nitrogens with zero attached hydrogens (tertiary/aromatic N) is 3. The van der Waals surface area contributed by atoms with Crippen LogP contribution in [0.5, 0.6) is 0 Å².